The summed E-state index contributed by atoms with van der Waals surface area (Å²) in [6.45, 7) is 7.26. The van der Waals surface area contributed by atoms with Crippen LogP contribution >= 0.6 is 0 Å². The fourth-order valence-corrected chi connectivity index (χ4v) is 1.61. The molecule has 0 aliphatic heterocycles. The van der Waals surface area contributed by atoms with E-state index in [1.165, 1.54) is 5.56 Å². The predicted molar refractivity (Wildman–Crippen MR) is 77.8 cm³/mol. The molecule has 0 fully saturated rings. The number of ether oxygens (including phenoxy) is 1. The molecule has 0 amide bonds. The molecule has 1 aromatic carbocycles. The SMILES string of the molecule is CCCC#CCCc1ccccc1OCC(C)C. The van der Waals surface area contributed by atoms with E-state index in [2.05, 4.69) is 50.8 Å². The first-order valence-electron chi connectivity index (χ1n) is 6.90. The molecule has 0 unspecified atom stereocenters. The van der Waals surface area contributed by atoms with Crippen LogP contribution in [0.15, 0.2) is 24.3 Å². The Balaban J connectivity index is 2.51. The van der Waals surface area contributed by atoms with E-state index >= 15 is 0 Å². The molecule has 0 bridgehead atoms. The molecular weight excluding hydrogens is 220 g/mol. The highest BCUT2D eigenvalue weighted by molar-refractivity contribution is 5.33. The van der Waals surface area contributed by atoms with Gasteiger partial charge in [0.1, 0.15) is 5.75 Å². The number of benzene rings is 1. The summed E-state index contributed by atoms with van der Waals surface area (Å²) in [4.78, 5) is 0. The molecule has 0 heterocycles. The first-order valence-corrected chi connectivity index (χ1v) is 6.90. The topological polar surface area (TPSA) is 9.23 Å². The number of rotatable bonds is 6. The van der Waals surface area contributed by atoms with Gasteiger partial charge in [-0.2, -0.15) is 0 Å². The van der Waals surface area contributed by atoms with E-state index in [0.29, 0.717) is 5.92 Å². The van der Waals surface area contributed by atoms with Gasteiger partial charge in [-0.15, -0.1) is 11.8 Å². The lowest BCUT2D eigenvalue weighted by atomic mass is 10.1. The second kappa shape index (κ2) is 8.64. The summed E-state index contributed by atoms with van der Waals surface area (Å²) < 4.78 is 5.83. The molecule has 0 radical (unpaired) electrons. The molecule has 0 saturated heterocycles. The van der Waals surface area contributed by atoms with Crippen LogP contribution in [0.5, 0.6) is 5.75 Å². The third-order valence-electron chi connectivity index (χ3n) is 2.56. The quantitative estimate of drug-likeness (QED) is 0.671. The van der Waals surface area contributed by atoms with Crippen LogP contribution in [0.3, 0.4) is 0 Å². The molecule has 1 aromatic rings. The van der Waals surface area contributed by atoms with E-state index < -0.39 is 0 Å². The Kier molecular flexibility index (Phi) is 7.03. The molecule has 0 N–H and O–H groups in total. The fraction of sp³-hybridized carbons (Fsp3) is 0.529. The molecule has 0 saturated carbocycles. The van der Waals surface area contributed by atoms with Gasteiger partial charge in [-0.05, 0) is 30.4 Å². The highest BCUT2D eigenvalue weighted by Gasteiger charge is 2.03. The minimum Gasteiger partial charge on any atom is -0.493 e. The summed E-state index contributed by atoms with van der Waals surface area (Å²) in [5.41, 5.74) is 1.27. The van der Waals surface area contributed by atoms with E-state index in [-0.39, 0.29) is 0 Å². The Labute approximate surface area is 112 Å². The normalized spacial score (nSPS) is 10.0. The van der Waals surface area contributed by atoms with Gasteiger partial charge in [-0.1, -0.05) is 39.0 Å². The van der Waals surface area contributed by atoms with Crippen molar-refractivity contribution in [1.82, 2.24) is 0 Å². The zero-order valence-corrected chi connectivity index (χ0v) is 11.8. The maximum atomic E-state index is 5.83. The van der Waals surface area contributed by atoms with Crippen molar-refractivity contribution >= 4 is 0 Å². The standard InChI is InChI=1S/C17H24O/c1-4-5-6-7-8-11-16-12-9-10-13-17(16)18-14-15(2)3/h9-10,12-13,15H,4-5,8,11,14H2,1-3H3. The second-order valence-electron chi connectivity index (χ2n) is 4.92. The number of hydrogen-bond donors (Lipinski definition) is 0. The van der Waals surface area contributed by atoms with E-state index in [1.54, 1.807) is 0 Å². The summed E-state index contributed by atoms with van der Waals surface area (Å²) in [6, 6.07) is 8.29. The van der Waals surface area contributed by atoms with Crippen LogP contribution < -0.4 is 4.74 Å². The molecule has 0 aliphatic carbocycles. The Morgan fingerprint density at radius 2 is 1.83 bits per heavy atom. The average Bonchev–Trinajstić information content (AvgIpc) is 2.37. The lowest BCUT2D eigenvalue weighted by Gasteiger charge is -2.12. The summed E-state index contributed by atoms with van der Waals surface area (Å²) in [7, 11) is 0. The molecule has 0 spiro atoms. The van der Waals surface area contributed by atoms with Gasteiger partial charge in [-0.25, -0.2) is 0 Å². The third kappa shape index (κ3) is 5.77. The first kappa shape index (κ1) is 14.6. The summed E-state index contributed by atoms with van der Waals surface area (Å²) >= 11 is 0. The molecular formula is C17H24O. The number of hydrogen-bond acceptors (Lipinski definition) is 1. The molecule has 0 atom stereocenters. The summed E-state index contributed by atoms with van der Waals surface area (Å²) in [5.74, 6) is 7.98. The fourth-order valence-electron chi connectivity index (χ4n) is 1.61. The third-order valence-corrected chi connectivity index (χ3v) is 2.56. The minimum atomic E-state index is 0.558. The maximum absolute atomic E-state index is 5.83. The minimum absolute atomic E-state index is 0.558. The molecule has 0 aromatic heterocycles. The molecule has 0 aliphatic rings. The van der Waals surface area contributed by atoms with Crippen LogP contribution in [0, 0.1) is 17.8 Å². The van der Waals surface area contributed by atoms with Crippen LogP contribution in [-0.2, 0) is 6.42 Å². The van der Waals surface area contributed by atoms with Crippen LogP contribution in [0.2, 0.25) is 0 Å². The highest BCUT2D eigenvalue weighted by Crippen LogP contribution is 2.20. The lowest BCUT2D eigenvalue weighted by molar-refractivity contribution is 0.268. The van der Waals surface area contributed by atoms with Crippen LogP contribution in [0.25, 0.3) is 0 Å². The van der Waals surface area contributed by atoms with Gasteiger partial charge in [0.25, 0.3) is 0 Å². The van der Waals surface area contributed by atoms with Gasteiger partial charge < -0.3 is 4.74 Å². The lowest BCUT2D eigenvalue weighted by Crippen LogP contribution is -2.06. The number of para-hydroxylation sites is 1. The predicted octanol–water partition coefficient (Wildman–Crippen LogP) is 4.46. The zero-order valence-electron chi connectivity index (χ0n) is 11.8. The van der Waals surface area contributed by atoms with Crippen molar-refractivity contribution in [3.63, 3.8) is 0 Å². The Bertz CT molecular complexity index is 396. The van der Waals surface area contributed by atoms with Crippen molar-refractivity contribution in [2.75, 3.05) is 6.61 Å². The van der Waals surface area contributed by atoms with Crippen molar-refractivity contribution < 1.29 is 4.74 Å². The van der Waals surface area contributed by atoms with Gasteiger partial charge in [-0.3, -0.25) is 0 Å². The molecule has 1 nitrogen and oxygen atoms in total. The molecule has 1 rings (SSSR count). The van der Waals surface area contributed by atoms with E-state index in [9.17, 15) is 0 Å². The first-order chi connectivity index (χ1) is 8.74. The monoisotopic (exact) mass is 244 g/mol. The highest BCUT2D eigenvalue weighted by atomic mass is 16.5. The van der Waals surface area contributed by atoms with E-state index in [1.807, 2.05) is 6.07 Å². The smallest absolute Gasteiger partial charge is 0.122 e. The average molecular weight is 244 g/mol. The van der Waals surface area contributed by atoms with Crippen molar-refractivity contribution in [1.29, 1.82) is 0 Å². The Morgan fingerprint density at radius 1 is 1.11 bits per heavy atom. The Morgan fingerprint density at radius 3 is 2.56 bits per heavy atom. The summed E-state index contributed by atoms with van der Waals surface area (Å²) in [5, 5.41) is 0. The van der Waals surface area contributed by atoms with Crippen molar-refractivity contribution in [3.05, 3.63) is 29.8 Å². The van der Waals surface area contributed by atoms with Crippen molar-refractivity contribution in [2.24, 2.45) is 5.92 Å². The zero-order chi connectivity index (χ0) is 13.2. The van der Waals surface area contributed by atoms with Gasteiger partial charge in [0.2, 0.25) is 0 Å². The largest absolute Gasteiger partial charge is 0.493 e. The van der Waals surface area contributed by atoms with Crippen molar-refractivity contribution in [3.8, 4) is 17.6 Å². The van der Waals surface area contributed by atoms with Gasteiger partial charge >= 0.3 is 0 Å². The second-order valence-corrected chi connectivity index (χ2v) is 4.92. The molecule has 98 valence electrons. The van der Waals surface area contributed by atoms with Gasteiger partial charge in [0.15, 0.2) is 0 Å². The van der Waals surface area contributed by atoms with Crippen LogP contribution in [-0.4, -0.2) is 6.61 Å². The molecule has 1 heteroatoms. The molecule has 18 heavy (non-hydrogen) atoms. The van der Waals surface area contributed by atoms with Crippen LogP contribution in [0.4, 0.5) is 0 Å². The number of unbranched alkanes of at least 4 members (excludes halogenated alkanes) is 1. The maximum Gasteiger partial charge on any atom is 0.122 e. The van der Waals surface area contributed by atoms with Gasteiger partial charge in [0.05, 0.1) is 6.61 Å². The van der Waals surface area contributed by atoms with Crippen LogP contribution in [0.1, 0.15) is 45.6 Å². The van der Waals surface area contributed by atoms with E-state index in [4.69, 9.17) is 4.74 Å². The number of aryl methyl sites for hydroxylation is 1. The summed E-state index contributed by atoms with van der Waals surface area (Å²) in [6.07, 6.45) is 4.04. The Hall–Kier alpha value is -1.42. The van der Waals surface area contributed by atoms with E-state index in [0.717, 1.165) is 38.0 Å². The van der Waals surface area contributed by atoms with Crippen molar-refractivity contribution in [2.45, 2.75) is 46.5 Å². The van der Waals surface area contributed by atoms with Gasteiger partial charge in [0, 0.05) is 12.8 Å².